The molecule has 0 saturated heterocycles. The average molecular weight is 296 g/mol. The normalized spacial score (nSPS) is 19.2. The maximum atomic E-state index is 12.4. The van der Waals surface area contributed by atoms with Gasteiger partial charge in [-0.3, -0.25) is 9.59 Å². The van der Waals surface area contributed by atoms with Crippen LogP contribution in [0.25, 0.3) is 0 Å². The number of nitrogens with one attached hydrogen (secondary N) is 1. The number of hydrogen-bond acceptors (Lipinski definition) is 2. The lowest BCUT2D eigenvalue weighted by Gasteiger charge is -2.35. The highest BCUT2D eigenvalue weighted by molar-refractivity contribution is 5.87. The molecule has 0 unspecified atom stereocenters. The van der Waals surface area contributed by atoms with Gasteiger partial charge < -0.3 is 11.1 Å². The summed E-state index contributed by atoms with van der Waals surface area (Å²) < 4.78 is 0. The maximum Gasteiger partial charge on any atom is 0.224 e. The first-order valence-electron chi connectivity index (χ1n) is 8.34. The molecular weight excluding hydrogens is 264 g/mol. The van der Waals surface area contributed by atoms with E-state index >= 15 is 0 Å². The number of amides is 2. The van der Waals surface area contributed by atoms with Gasteiger partial charge in [0.05, 0.1) is 5.92 Å². The molecule has 0 spiro atoms. The van der Waals surface area contributed by atoms with Crippen LogP contribution in [0, 0.1) is 23.2 Å². The molecule has 3 N–H and O–H groups in total. The Hall–Kier alpha value is -1.06. The first kappa shape index (κ1) is 18.0. The summed E-state index contributed by atoms with van der Waals surface area (Å²) in [5, 5.41) is 2.87. The fourth-order valence-corrected chi connectivity index (χ4v) is 3.65. The molecule has 0 aromatic heterocycles. The zero-order chi connectivity index (χ0) is 16.0. The van der Waals surface area contributed by atoms with Gasteiger partial charge in [0.2, 0.25) is 11.8 Å². The van der Waals surface area contributed by atoms with Gasteiger partial charge in [-0.25, -0.2) is 0 Å². The predicted molar refractivity (Wildman–Crippen MR) is 85.5 cm³/mol. The highest BCUT2D eigenvalue weighted by atomic mass is 16.2. The summed E-state index contributed by atoms with van der Waals surface area (Å²) in [6.45, 7) is 8.52. The van der Waals surface area contributed by atoms with E-state index in [1.54, 1.807) is 0 Å². The van der Waals surface area contributed by atoms with E-state index in [0.29, 0.717) is 12.5 Å². The van der Waals surface area contributed by atoms with E-state index in [-0.39, 0.29) is 29.1 Å². The lowest BCUT2D eigenvalue weighted by atomic mass is 9.70. The number of nitrogens with two attached hydrogens (primary N) is 1. The molecule has 1 aliphatic carbocycles. The van der Waals surface area contributed by atoms with Gasteiger partial charge in [-0.1, -0.05) is 46.5 Å². The molecule has 0 radical (unpaired) electrons. The Kier molecular flexibility index (Phi) is 6.69. The van der Waals surface area contributed by atoms with E-state index in [4.69, 9.17) is 5.73 Å². The van der Waals surface area contributed by atoms with E-state index in [1.165, 1.54) is 25.7 Å². The minimum Gasteiger partial charge on any atom is -0.369 e. The molecular formula is C17H32N2O2. The Balaban J connectivity index is 2.80. The molecule has 4 nitrogen and oxygen atoms in total. The third kappa shape index (κ3) is 5.33. The van der Waals surface area contributed by atoms with Crippen LogP contribution >= 0.6 is 0 Å². The fourth-order valence-electron chi connectivity index (χ4n) is 3.65. The Labute approximate surface area is 129 Å². The van der Waals surface area contributed by atoms with Crippen molar-refractivity contribution in [2.75, 3.05) is 6.54 Å². The molecule has 0 aromatic rings. The third-order valence-corrected chi connectivity index (χ3v) is 4.69. The van der Waals surface area contributed by atoms with Crippen molar-refractivity contribution in [3.63, 3.8) is 0 Å². The molecule has 1 rings (SSSR count). The highest BCUT2D eigenvalue weighted by Crippen LogP contribution is 2.37. The van der Waals surface area contributed by atoms with Gasteiger partial charge in [-0.15, -0.1) is 0 Å². The van der Waals surface area contributed by atoms with Crippen molar-refractivity contribution >= 4 is 11.8 Å². The van der Waals surface area contributed by atoms with Gasteiger partial charge in [0, 0.05) is 12.5 Å². The Morgan fingerprint density at radius 2 is 1.81 bits per heavy atom. The molecule has 0 heterocycles. The van der Waals surface area contributed by atoms with Crippen molar-refractivity contribution in [3.8, 4) is 0 Å². The quantitative estimate of drug-likeness (QED) is 0.758. The van der Waals surface area contributed by atoms with Crippen LogP contribution < -0.4 is 11.1 Å². The maximum absolute atomic E-state index is 12.4. The molecule has 0 aliphatic heterocycles. The summed E-state index contributed by atoms with van der Waals surface area (Å²) in [5.41, 5.74) is 5.36. The highest BCUT2D eigenvalue weighted by Gasteiger charge is 2.40. The number of rotatable bonds is 7. The third-order valence-electron chi connectivity index (χ3n) is 4.69. The zero-order valence-corrected chi connectivity index (χ0v) is 14.1. The minimum absolute atomic E-state index is 0.0415. The average Bonchev–Trinajstić information content (AvgIpc) is 2.85. The van der Waals surface area contributed by atoms with Crippen LogP contribution in [0.1, 0.15) is 66.2 Å². The Morgan fingerprint density at radius 3 is 2.24 bits per heavy atom. The van der Waals surface area contributed by atoms with Gasteiger partial charge in [0.15, 0.2) is 0 Å². The van der Waals surface area contributed by atoms with Gasteiger partial charge >= 0.3 is 0 Å². The van der Waals surface area contributed by atoms with Crippen molar-refractivity contribution in [3.05, 3.63) is 0 Å². The summed E-state index contributed by atoms with van der Waals surface area (Å²) in [6, 6.07) is 0. The molecule has 122 valence electrons. The monoisotopic (exact) mass is 296 g/mol. The van der Waals surface area contributed by atoms with Crippen molar-refractivity contribution in [1.82, 2.24) is 5.32 Å². The van der Waals surface area contributed by atoms with Gasteiger partial charge in [0.25, 0.3) is 0 Å². The number of primary amides is 1. The van der Waals surface area contributed by atoms with Gasteiger partial charge in [-0.2, -0.15) is 0 Å². The summed E-state index contributed by atoms with van der Waals surface area (Å²) in [5.74, 6) is -0.380. The van der Waals surface area contributed by atoms with E-state index in [1.807, 2.05) is 27.7 Å². The van der Waals surface area contributed by atoms with Crippen molar-refractivity contribution in [1.29, 1.82) is 0 Å². The number of hydrogen-bond donors (Lipinski definition) is 2. The standard InChI is InChI=1S/C17H32N2O2/c1-5-19-16(21)14(17(2,3)4)13(15(18)20)11-10-12-8-6-7-9-12/h12-14H,5-11H2,1-4H3,(H2,18,20)(H,19,21)/t13-,14+/m0/s1. The van der Waals surface area contributed by atoms with Crippen LogP contribution in [-0.4, -0.2) is 18.4 Å². The molecule has 1 saturated carbocycles. The van der Waals surface area contributed by atoms with E-state index in [9.17, 15) is 9.59 Å². The largest absolute Gasteiger partial charge is 0.369 e. The van der Waals surface area contributed by atoms with E-state index in [2.05, 4.69) is 5.32 Å². The second kappa shape index (κ2) is 7.81. The van der Waals surface area contributed by atoms with E-state index < -0.39 is 0 Å². The second-order valence-electron chi connectivity index (χ2n) is 7.47. The summed E-state index contributed by atoms with van der Waals surface area (Å²) in [7, 11) is 0. The fraction of sp³-hybridized carbons (Fsp3) is 0.882. The smallest absolute Gasteiger partial charge is 0.224 e. The van der Waals surface area contributed by atoms with Crippen LogP contribution in [0.3, 0.4) is 0 Å². The summed E-state index contributed by atoms with van der Waals surface area (Å²) >= 11 is 0. The molecule has 2 amide bonds. The van der Waals surface area contributed by atoms with Crippen LogP contribution in [0.5, 0.6) is 0 Å². The summed E-state index contributed by atoms with van der Waals surface area (Å²) in [4.78, 5) is 24.4. The number of carbonyl (C=O) groups is 2. The minimum atomic E-state index is -0.364. The van der Waals surface area contributed by atoms with Crippen molar-refractivity contribution in [2.24, 2.45) is 28.9 Å². The van der Waals surface area contributed by atoms with Crippen LogP contribution in [-0.2, 0) is 9.59 Å². The second-order valence-corrected chi connectivity index (χ2v) is 7.47. The molecule has 4 heteroatoms. The predicted octanol–water partition coefficient (Wildman–Crippen LogP) is 2.86. The topological polar surface area (TPSA) is 72.2 Å². The summed E-state index contributed by atoms with van der Waals surface area (Å²) in [6.07, 6.45) is 6.86. The molecule has 0 bridgehead atoms. The first-order valence-corrected chi connectivity index (χ1v) is 8.34. The molecule has 1 fully saturated rings. The molecule has 2 atom stereocenters. The van der Waals surface area contributed by atoms with Crippen LogP contribution in [0.15, 0.2) is 0 Å². The first-order chi connectivity index (χ1) is 9.77. The molecule has 21 heavy (non-hydrogen) atoms. The van der Waals surface area contributed by atoms with Crippen LogP contribution in [0.2, 0.25) is 0 Å². The zero-order valence-electron chi connectivity index (χ0n) is 14.1. The SMILES string of the molecule is CCNC(=O)[C@@H]([C@H](CCC1CCCC1)C(N)=O)C(C)(C)C. The van der Waals surface area contributed by atoms with Crippen molar-refractivity contribution < 1.29 is 9.59 Å². The van der Waals surface area contributed by atoms with E-state index in [0.717, 1.165) is 12.8 Å². The van der Waals surface area contributed by atoms with Gasteiger partial charge in [-0.05, 0) is 31.1 Å². The Bertz CT molecular complexity index is 354. The molecule has 0 aromatic carbocycles. The molecule has 1 aliphatic rings. The van der Waals surface area contributed by atoms with Crippen molar-refractivity contribution in [2.45, 2.75) is 66.2 Å². The lowest BCUT2D eigenvalue weighted by Crippen LogP contribution is -2.46. The van der Waals surface area contributed by atoms with Gasteiger partial charge in [0.1, 0.15) is 0 Å². The lowest BCUT2D eigenvalue weighted by molar-refractivity contribution is -0.138. The Morgan fingerprint density at radius 1 is 1.24 bits per heavy atom. The van der Waals surface area contributed by atoms with Crippen LogP contribution in [0.4, 0.5) is 0 Å². The number of carbonyl (C=O) groups excluding carboxylic acids is 2.